The van der Waals surface area contributed by atoms with Crippen LogP contribution in [0.1, 0.15) is 23.3 Å². The minimum absolute atomic E-state index is 0.0238. The Morgan fingerprint density at radius 1 is 1.42 bits per heavy atom. The van der Waals surface area contributed by atoms with Gasteiger partial charge in [-0.25, -0.2) is 4.98 Å². The molecule has 2 heterocycles. The molecule has 0 aromatic carbocycles. The second-order valence-corrected chi connectivity index (χ2v) is 5.46. The Morgan fingerprint density at radius 2 is 2.26 bits per heavy atom. The number of fused-ring (bicyclic) bond motifs is 1. The van der Waals surface area contributed by atoms with E-state index in [0.29, 0.717) is 18.2 Å². The molecule has 19 heavy (non-hydrogen) atoms. The van der Waals surface area contributed by atoms with Crippen molar-refractivity contribution in [2.75, 3.05) is 25.5 Å². The summed E-state index contributed by atoms with van der Waals surface area (Å²) in [6, 6.07) is 3.60. The zero-order valence-electron chi connectivity index (χ0n) is 11.0. The van der Waals surface area contributed by atoms with Crippen molar-refractivity contribution in [3.05, 3.63) is 24.0 Å². The molecule has 3 atom stereocenters. The molecule has 1 amide bonds. The summed E-state index contributed by atoms with van der Waals surface area (Å²) in [6.07, 6.45) is 3.34. The van der Waals surface area contributed by atoms with Gasteiger partial charge >= 0.3 is 0 Å². The number of amides is 1. The molecule has 0 spiro atoms. The van der Waals surface area contributed by atoms with E-state index in [2.05, 4.69) is 10.3 Å². The molecule has 102 valence electrons. The summed E-state index contributed by atoms with van der Waals surface area (Å²) >= 11 is 0. The highest BCUT2D eigenvalue weighted by Gasteiger charge is 2.43. The lowest BCUT2D eigenvalue weighted by Crippen LogP contribution is -2.31. The van der Waals surface area contributed by atoms with Gasteiger partial charge in [-0.3, -0.25) is 4.79 Å². The Kier molecular flexibility index (Phi) is 3.14. The van der Waals surface area contributed by atoms with Crippen molar-refractivity contribution in [1.82, 2.24) is 9.88 Å². The standard InChI is InChI=1S/C14H19N3O2/c1-15-10-3-4-12(16-6-10)14(19)17-7-9-2-5-13(18)11(9)8-17/h3-4,6,9,11,13,15,18H,2,5,7-8H2,1H3. The molecular formula is C14H19N3O2. The molecule has 2 fully saturated rings. The predicted molar refractivity (Wildman–Crippen MR) is 71.9 cm³/mol. The van der Waals surface area contributed by atoms with Crippen LogP contribution in [0.4, 0.5) is 5.69 Å². The molecule has 2 N–H and O–H groups in total. The summed E-state index contributed by atoms with van der Waals surface area (Å²) in [7, 11) is 1.82. The Morgan fingerprint density at radius 3 is 2.89 bits per heavy atom. The van der Waals surface area contributed by atoms with Gasteiger partial charge in [0.05, 0.1) is 18.0 Å². The predicted octanol–water partition coefficient (Wildman–Crippen LogP) is 0.966. The number of aliphatic hydroxyl groups is 1. The summed E-state index contributed by atoms with van der Waals surface area (Å²) in [5, 5.41) is 12.9. The van der Waals surface area contributed by atoms with Gasteiger partial charge in [0, 0.05) is 26.1 Å². The van der Waals surface area contributed by atoms with Crippen molar-refractivity contribution in [1.29, 1.82) is 0 Å². The largest absolute Gasteiger partial charge is 0.393 e. The number of rotatable bonds is 2. The second kappa shape index (κ2) is 4.81. The van der Waals surface area contributed by atoms with E-state index in [9.17, 15) is 9.90 Å². The molecule has 0 bridgehead atoms. The van der Waals surface area contributed by atoms with Gasteiger partial charge in [0.25, 0.3) is 5.91 Å². The van der Waals surface area contributed by atoms with Crippen LogP contribution in [-0.4, -0.2) is 47.1 Å². The zero-order chi connectivity index (χ0) is 13.4. The van der Waals surface area contributed by atoms with E-state index in [1.165, 1.54) is 0 Å². The number of anilines is 1. The van der Waals surface area contributed by atoms with Crippen molar-refractivity contribution < 1.29 is 9.90 Å². The number of pyridine rings is 1. The van der Waals surface area contributed by atoms with Crippen LogP contribution < -0.4 is 5.32 Å². The minimum atomic E-state index is -0.234. The lowest BCUT2D eigenvalue weighted by molar-refractivity contribution is 0.0747. The molecule has 1 aromatic rings. The fourth-order valence-corrected chi connectivity index (χ4v) is 3.23. The highest BCUT2D eigenvalue weighted by atomic mass is 16.3. The molecule has 5 heteroatoms. The van der Waals surface area contributed by atoms with E-state index < -0.39 is 0 Å². The van der Waals surface area contributed by atoms with Crippen LogP contribution in [-0.2, 0) is 0 Å². The summed E-state index contributed by atoms with van der Waals surface area (Å²) in [5.41, 5.74) is 1.37. The van der Waals surface area contributed by atoms with Crippen LogP contribution >= 0.6 is 0 Å². The summed E-state index contributed by atoms with van der Waals surface area (Å²) in [5.74, 6) is 0.709. The van der Waals surface area contributed by atoms with Gasteiger partial charge in [-0.05, 0) is 30.9 Å². The molecule has 1 aliphatic heterocycles. The van der Waals surface area contributed by atoms with E-state index in [1.807, 2.05) is 18.0 Å². The van der Waals surface area contributed by atoms with E-state index in [-0.39, 0.29) is 17.9 Å². The monoisotopic (exact) mass is 261 g/mol. The number of hydrogen-bond donors (Lipinski definition) is 2. The van der Waals surface area contributed by atoms with Crippen LogP contribution in [0.2, 0.25) is 0 Å². The summed E-state index contributed by atoms with van der Waals surface area (Å²) in [4.78, 5) is 18.4. The van der Waals surface area contributed by atoms with Crippen LogP contribution in [0.25, 0.3) is 0 Å². The lowest BCUT2D eigenvalue weighted by Gasteiger charge is -2.18. The lowest BCUT2D eigenvalue weighted by atomic mass is 10.00. The summed E-state index contributed by atoms with van der Waals surface area (Å²) < 4.78 is 0. The van der Waals surface area contributed by atoms with E-state index >= 15 is 0 Å². The number of aromatic nitrogens is 1. The average Bonchev–Trinajstić information content (AvgIpc) is 3.01. The molecule has 1 saturated heterocycles. The molecule has 1 saturated carbocycles. The minimum Gasteiger partial charge on any atom is -0.393 e. The molecule has 5 nitrogen and oxygen atoms in total. The molecule has 3 rings (SSSR count). The van der Waals surface area contributed by atoms with Crippen molar-refractivity contribution in [2.45, 2.75) is 18.9 Å². The number of nitrogens with one attached hydrogen (secondary N) is 1. The first-order valence-electron chi connectivity index (χ1n) is 6.80. The van der Waals surface area contributed by atoms with E-state index in [0.717, 1.165) is 25.1 Å². The maximum atomic E-state index is 12.3. The third-order valence-corrected chi connectivity index (χ3v) is 4.38. The Labute approximate surface area is 112 Å². The molecule has 1 aliphatic carbocycles. The SMILES string of the molecule is CNc1ccc(C(=O)N2CC3CCC(O)C3C2)nc1. The van der Waals surface area contributed by atoms with Crippen LogP contribution in [0.15, 0.2) is 18.3 Å². The van der Waals surface area contributed by atoms with Crippen molar-refractivity contribution in [3.63, 3.8) is 0 Å². The maximum absolute atomic E-state index is 12.3. The van der Waals surface area contributed by atoms with Crippen LogP contribution in [0, 0.1) is 11.8 Å². The number of nitrogens with zero attached hydrogens (tertiary/aromatic N) is 2. The van der Waals surface area contributed by atoms with Crippen molar-refractivity contribution >= 4 is 11.6 Å². The van der Waals surface area contributed by atoms with Gasteiger partial charge in [-0.2, -0.15) is 0 Å². The van der Waals surface area contributed by atoms with Gasteiger partial charge in [0.15, 0.2) is 0 Å². The van der Waals surface area contributed by atoms with E-state index in [1.54, 1.807) is 12.3 Å². The first-order valence-corrected chi connectivity index (χ1v) is 6.80. The molecular weight excluding hydrogens is 242 g/mol. The molecule has 1 aromatic heterocycles. The first-order chi connectivity index (χ1) is 9.19. The maximum Gasteiger partial charge on any atom is 0.272 e. The van der Waals surface area contributed by atoms with Gasteiger partial charge < -0.3 is 15.3 Å². The fourth-order valence-electron chi connectivity index (χ4n) is 3.23. The quantitative estimate of drug-likeness (QED) is 0.832. The van der Waals surface area contributed by atoms with Crippen LogP contribution in [0.5, 0.6) is 0 Å². The topological polar surface area (TPSA) is 65.5 Å². The Bertz CT molecular complexity index is 474. The Hall–Kier alpha value is -1.62. The van der Waals surface area contributed by atoms with Gasteiger partial charge in [-0.1, -0.05) is 0 Å². The third-order valence-electron chi connectivity index (χ3n) is 4.38. The van der Waals surface area contributed by atoms with Crippen molar-refractivity contribution in [3.8, 4) is 0 Å². The molecule has 2 aliphatic rings. The normalized spacial score (nSPS) is 29.4. The van der Waals surface area contributed by atoms with E-state index in [4.69, 9.17) is 0 Å². The first kappa shape index (κ1) is 12.4. The van der Waals surface area contributed by atoms with Gasteiger partial charge in [0.1, 0.15) is 5.69 Å². The third kappa shape index (κ3) is 2.18. The second-order valence-electron chi connectivity index (χ2n) is 5.46. The highest BCUT2D eigenvalue weighted by molar-refractivity contribution is 5.92. The highest BCUT2D eigenvalue weighted by Crippen LogP contribution is 2.38. The molecule has 3 unspecified atom stereocenters. The van der Waals surface area contributed by atoms with Crippen molar-refractivity contribution in [2.24, 2.45) is 11.8 Å². The smallest absolute Gasteiger partial charge is 0.272 e. The molecule has 0 radical (unpaired) electrons. The average molecular weight is 261 g/mol. The number of carbonyl (C=O) groups is 1. The zero-order valence-corrected chi connectivity index (χ0v) is 11.0. The number of likely N-dealkylation sites (tertiary alicyclic amines) is 1. The van der Waals surface area contributed by atoms with Crippen LogP contribution in [0.3, 0.4) is 0 Å². The number of aliphatic hydroxyl groups excluding tert-OH is 1. The summed E-state index contributed by atoms with van der Waals surface area (Å²) in [6.45, 7) is 1.43. The fraction of sp³-hybridized carbons (Fsp3) is 0.571. The van der Waals surface area contributed by atoms with Gasteiger partial charge in [-0.15, -0.1) is 0 Å². The number of hydrogen-bond acceptors (Lipinski definition) is 4. The number of carbonyl (C=O) groups excluding carboxylic acids is 1. The van der Waals surface area contributed by atoms with Gasteiger partial charge in [0.2, 0.25) is 0 Å². The Balaban J connectivity index is 1.71.